The number of unbranched alkanes of at least 4 members (excludes halogenated alkanes) is 7. The van der Waals surface area contributed by atoms with E-state index >= 15 is 0 Å². The Hall–Kier alpha value is -1.18. The molecule has 0 aromatic carbocycles. The van der Waals surface area contributed by atoms with Crippen molar-refractivity contribution in [2.45, 2.75) is 97.2 Å². The molecule has 0 saturated heterocycles. The number of esters is 1. The molecular weight excluding hydrogens is 376 g/mol. The van der Waals surface area contributed by atoms with Gasteiger partial charge in [-0.15, -0.1) is 0 Å². The van der Waals surface area contributed by atoms with Crippen molar-refractivity contribution >= 4 is 11.9 Å². The molecule has 1 N–H and O–H groups in total. The van der Waals surface area contributed by atoms with E-state index in [1.165, 1.54) is 0 Å². The maximum atomic E-state index is 11.8. The summed E-state index contributed by atoms with van der Waals surface area (Å²) >= 11 is 0. The first-order chi connectivity index (χ1) is 14.1. The van der Waals surface area contributed by atoms with E-state index in [4.69, 9.17) is 24.1 Å². The van der Waals surface area contributed by atoms with Gasteiger partial charge in [-0.25, -0.2) is 0 Å². The van der Waals surface area contributed by atoms with Gasteiger partial charge in [0.05, 0.1) is 13.2 Å². The van der Waals surface area contributed by atoms with E-state index in [1.807, 2.05) is 0 Å². The molecule has 0 saturated carbocycles. The number of hydrogen-bond acceptors (Lipinski definition) is 6. The third kappa shape index (κ3) is 21.3. The molecule has 172 valence electrons. The van der Waals surface area contributed by atoms with Crippen LogP contribution in [0.4, 0.5) is 0 Å². The maximum Gasteiger partial charge on any atom is 0.305 e. The molecule has 0 aromatic heterocycles. The fourth-order valence-corrected chi connectivity index (χ4v) is 2.59. The molecule has 0 aliphatic carbocycles. The van der Waals surface area contributed by atoms with Gasteiger partial charge in [0.1, 0.15) is 6.61 Å². The number of ether oxygens (including phenoxy) is 4. The van der Waals surface area contributed by atoms with Gasteiger partial charge >= 0.3 is 11.9 Å². The quantitative estimate of drug-likeness (QED) is 0.155. The summed E-state index contributed by atoms with van der Waals surface area (Å²) in [5.74, 6) is -0.943. The van der Waals surface area contributed by atoms with Gasteiger partial charge in [0.2, 0.25) is 0 Å². The van der Waals surface area contributed by atoms with E-state index < -0.39 is 12.3 Å². The van der Waals surface area contributed by atoms with Crippen LogP contribution in [0.25, 0.3) is 0 Å². The lowest BCUT2D eigenvalue weighted by Gasteiger charge is -2.18. The first-order valence-corrected chi connectivity index (χ1v) is 11.3. The molecule has 0 heterocycles. The number of hydrogen-bond donors (Lipinski definition) is 1. The zero-order chi connectivity index (χ0) is 21.6. The first kappa shape index (κ1) is 27.8. The Kier molecular flexibility index (Phi) is 20.7. The smallest absolute Gasteiger partial charge is 0.305 e. The summed E-state index contributed by atoms with van der Waals surface area (Å²) in [6.45, 7) is 6.46. The SMILES string of the molecule is CCCCOCC(OCCCC)OCCOC(=O)CCCCCCCCC(=O)O. The lowest BCUT2D eigenvalue weighted by molar-refractivity contribution is -0.181. The fraction of sp³-hybridized carbons (Fsp3) is 0.909. The number of carbonyl (C=O) groups is 2. The minimum atomic E-state index is -0.736. The normalized spacial score (nSPS) is 12.1. The van der Waals surface area contributed by atoms with Crippen molar-refractivity contribution in [3.8, 4) is 0 Å². The second kappa shape index (κ2) is 21.5. The molecule has 7 nitrogen and oxygen atoms in total. The standard InChI is InChI=1S/C22H42O7/c1-3-5-15-26-19-22(28-16-6-4-2)29-18-17-27-21(25)14-12-10-8-7-9-11-13-20(23)24/h22H,3-19H2,1-2H3,(H,23,24). The summed E-state index contributed by atoms with van der Waals surface area (Å²) in [6, 6.07) is 0. The van der Waals surface area contributed by atoms with E-state index in [9.17, 15) is 9.59 Å². The Morgan fingerprint density at radius 1 is 0.724 bits per heavy atom. The Bertz CT molecular complexity index is 387. The third-order valence-electron chi connectivity index (χ3n) is 4.37. The second-order valence-electron chi connectivity index (χ2n) is 7.19. The van der Waals surface area contributed by atoms with Crippen LogP contribution in [0.2, 0.25) is 0 Å². The molecule has 0 rings (SSSR count). The van der Waals surface area contributed by atoms with Gasteiger partial charge in [-0.3, -0.25) is 9.59 Å². The van der Waals surface area contributed by atoms with Crippen LogP contribution in [0.5, 0.6) is 0 Å². The van der Waals surface area contributed by atoms with E-state index in [2.05, 4.69) is 13.8 Å². The largest absolute Gasteiger partial charge is 0.481 e. The number of rotatable bonds is 22. The molecule has 0 radical (unpaired) electrons. The van der Waals surface area contributed by atoms with Crippen molar-refractivity contribution in [1.29, 1.82) is 0 Å². The second-order valence-corrected chi connectivity index (χ2v) is 7.19. The third-order valence-corrected chi connectivity index (χ3v) is 4.37. The maximum absolute atomic E-state index is 11.8. The zero-order valence-corrected chi connectivity index (χ0v) is 18.5. The summed E-state index contributed by atoms with van der Waals surface area (Å²) in [4.78, 5) is 22.2. The van der Waals surface area contributed by atoms with Gasteiger partial charge < -0.3 is 24.1 Å². The lowest BCUT2D eigenvalue weighted by atomic mass is 10.1. The van der Waals surface area contributed by atoms with Crippen LogP contribution in [0.15, 0.2) is 0 Å². The number of carbonyl (C=O) groups excluding carboxylic acids is 1. The fourth-order valence-electron chi connectivity index (χ4n) is 2.59. The molecule has 0 fully saturated rings. The van der Waals surface area contributed by atoms with E-state index in [0.29, 0.717) is 32.8 Å². The van der Waals surface area contributed by atoms with E-state index in [-0.39, 0.29) is 19.0 Å². The van der Waals surface area contributed by atoms with Crippen LogP contribution in [-0.4, -0.2) is 56.4 Å². The molecule has 0 aliphatic heterocycles. The average Bonchev–Trinajstić information content (AvgIpc) is 2.69. The van der Waals surface area contributed by atoms with Gasteiger partial charge in [0.25, 0.3) is 0 Å². The summed E-state index contributed by atoms with van der Waals surface area (Å²) in [5.41, 5.74) is 0. The molecule has 0 bridgehead atoms. The van der Waals surface area contributed by atoms with E-state index in [1.54, 1.807) is 0 Å². The Labute approximate surface area is 176 Å². The summed E-state index contributed by atoms with van der Waals surface area (Å²) in [7, 11) is 0. The highest BCUT2D eigenvalue weighted by atomic mass is 16.7. The molecule has 0 aromatic rings. The van der Waals surface area contributed by atoms with Gasteiger partial charge in [0.15, 0.2) is 6.29 Å². The summed E-state index contributed by atoms with van der Waals surface area (Å²) < 4.78 is 22.1. The van der Waals surface area contributed by atoms with Crippen molar-refractivity contribution in [3.05, 3.63) is 0 Å². The minimum absolute atomic E-state index is 0.206. The zero-order valence-electron chi connectivity index (χ0n) is 18.5. The topological polar surface area (TPSA) is 91.3 Å². The number of carboxylic acids is 1. The number of carboxylic acid groups (broad SMARTS) is 1. The lowest BCUT2D eigenvalue weighted by Crippen LogP contribution is -2.26. The molecular formula is C22H42O7. The van der Waals surface area contributed by atoms with E-state index in [0.717, 1.165) is 64.2 Å². The Balaban J connectivity index is 3.67. The summed E-state index contributed by atoms with van der Waals surface area (Å²) in [5, 5.41) is 8.57. The van der Waals surface area contributed by atoms with Gasteiger partial charge in [0, 0.05) is 26.1 Å². The van der Waals surface area contributed by atoms with Crippen molar-refractivity contribution in [1.82, 2.24) is 0 Å². The van der Waals surface area contributed by atoms with Crippen LogP contribution in [0.3, 0.4) is 0 Å². The average molecular weight is 419 g/mol. The minimum Gasteiger partial charge on any atom is -0.481 e. The predicted octanol–water partition coefficient (Wildman–Crippen LogP) is 4.71. The van der Waals surface area contributed by atoms with Crippen molar-refractivity contribution in [2.75, 3.05) is 33.0 Å². The van der Waals surface area contributed by atoms with Crippen molar-refractivity contribution in [2.24, 2.45) is 0 Å². The van der Waals surface area contributed by atoms with Crippen LogP contribution >= 0.6 is 0 Å². The van der Waals surface area contributed by atoms with Crippen LogP contribution in [0.1, 0.15) is 90.9 Å². The highest BCUT2D eigenvalue weighted by Crippen LogP contribution is 2.09. The van der Waals surface area contributed by atoms with Crippen LogP contribution < -0.4 is 0 Å². The molecule has 1 unspecified atom stereocenters. The monoisotopic (exact) mass is 418 g/mol. The molecule has 29 heavy (non-hydrogen) atoms. The van der Waals surface area contributed by atoms with Gasteiger partial charge in [-0.2, -0.15) is 0 Å². The Morgan fingerprint density at radius 3 is 1.97 bits per heavy atom. The van der Waals surface area contributed by atoms with Crippen LogP contribution in [0, 0.1) is 0 Å². The van der Waals surface area contributed by atoms with Gasteiger partial charge in [-0.1, -0.05) is 52.4 Å². The highest BCUT2D eigenvalue weighted by Gasteiger charge is 2.10. The molecule has 7 heteroatoms. The van der Waals surface area contributed by atoms with Gasteiger partial charge in [-0.05, 0) is 25.7 Å². The summed E-state index contributed by atoms with van der Waals surface area (Å²) in [6.07, 6.45) is 9.81. The van der Waals surface area contributed by atoms with Crippen LogP contribution in [-0.2, 0) is 28.5 Å². The molecule has 0 aliphatic rings. The highest BCUT2D eigenvalue weighted by molar-refractivity contribution is 5.69. The molecule has 1 atom stereocenters. The molecule has 0 amide bonds. The first-order valence-electron chi connectivity index (χ1n) is 11.3. The number of aliphatic carboxylic acids is 1. The Morgan fingerprint density at radius 2 is 1.31 bits per heavy atom. The van der Waals surface area contributed by atoms with Crippen molar-refractivity contribution < 1.29 is 33.6 Å². The molecule has 0 spiro atoms. The predicted molar refractivity (Wildman–Crippen MR) is 112 cm³/mol. The van der Waals surface area contributed by atoms with Crippen molar-refractivity contribution in [3.63, 3.8) is 0 Å².